The smallest absolute Gasteiger partial charge is 0.243 e. The van der Waals surface area contributed by atoms with Gasteiger partial charge in [-0.15, -0.1) is 0 Å². The molecule has 0 spiro atoms. The minimum atomic E-state index is -3.54. The Hall–Kier alpha value is -1.79. The van der Waals surface area contributed by atoms with E-state index in [1.54, 1.807) is 24.3 Å². The summed E-state index contributed by atoms with van der Waals surface area (Å²) in [6.45, 7) is 0.185. The molecule has 0 atom stereocenters. The van der Waals surface area contributed by atoms with Crippen LogP contribution in [-0.2, 0) is 16.6 Å². The fourth-order valence-corrected chi connectivity index (χ4v) is 2.75. The second kappa shape index (κ2) is 4.83. The number of furan rings is 1. The number of rotatable bonds is 4. The van der Waals surface area contributed by atoms with Gasteiger partial charge in [-0.25, -0.2) is 8.42 Å². The number of nitrogens with zero attached hydrogens (tertiary/aromatic N) is 1. The minimum absolute atomic E-state index is 0.177. The van der Waals surface area contributed by atoms with Gasteiger partial charge in [0.25, 0.3) is 0 Å². The Morgan fingerprint density at radius 2 is 2.06 bits per heavy atom. The van der Waals surface area contributed by atoms with E-state index in [-0.39, 0.29) is 11.4 Å². The Morgan fingerprint density at radius 1 is 1.28 bits per heavy atom. The molecule has 0 saturated heterocycles. The van der Waals surface area contributed by atoms with E-state index in [1.807, 2.05) is 0 Å². The fourth-order valence-electron chi connectivity index (χ4n) is 1.56. The highest BCUT2D eigenvalue weighted by molar-refractivity contribution is 7.89. The molecule has 1 aromatic heterocycles. The summed E-state index contributed by atoms with van der Waals surface area (Å²) in [6.07, 6.45) is 1.51. The maximum absolute atomic E-state index is 12.2. The standard InChI is InChI=1S/C12H14N2O3S/c1-14(9-11-5-3-7-17-11)18(15,16)12-6-2-4-10(13)8-12/h2-8H,9,13H2,1H3. The van der Waals surface area contributed by atoms with Gasteiger partial charge in [-0.3, -0.25) is 0 Å². The molecule has 0 fully saturated rings. The van der Waals surface area contributed by atoms with Crippen LogP contribution in [0, 0.1) is 0 Å². The molecule has 96 valence electrons. The number of hydrogen-bond donors (Lipinski definition) is 1. The van der Waals surface area contributed by atoms with E-state index in [2.05, 4.69) is 0 Å². The van der Waals surface area contributed by atoms with Crippen LogP contribution in [0.4, 0.5) is 5.69 Å². The van der Waals surface area contributed by atoms with Gasteiger partial charge in [0, 0.05) is 12.7 Å². The summed E-state index contributed by atoms with van der Waals surface area (Å²) in [7, 11) is -2.04. The molecule has 2 aromatic rings. The van der Waals surface area contributed by atoms with Gasteiger partial charge < -0.3 is 10.2 Å². The molecule has 6 heteroatoms. The first-order chi connectivity index (χ1) is 8.50. The summed E-state index contributed by atoms with van der Waals surface area (Å²) in [5, 5.41) is 0. The molecule has 18 heavy (non-hydrogen) atoms. The van der Waals surface area contributed by atoms with E-state index in [4.69, 9.17) is 10.2 Å². The molecule has 0 amide bonds. The lowest BCUT2D eigenvalue weighted by atomic mass is 10.3. The van der Waals surface area contributed by atoms with E-state index >= 15 is 0 Å². The number of benzene rings is 1. The number of anilines is 1. The first-order valence-corrected chi connectivity index (χ1v) is 6.78. The SMILES string of the molecule is CN(Cc1ccco1)S(=O)(=O)c1cccc(N)c1. The highest BCUT2D eigenvalue weighted by atomic mass is 32.2. The van der Waals surface area contributed by atoms with Gasteiger partial charge in [-0.2, -0.15) is 4.31 Å². The van der Waals surface area contributed by atoms with Gasteiger partial charge in [-0.1, -0.05) is 6.07 Å². The van der Waals surface area contributed by atoms with E-state index in [0.29, 0.717) is 11.4 Å². The molecule has 0 unspecified atom stereocenters. The third-order valence-electron chi connectivity index (χ3n) is 2.52. The van der Waals surface area contributed by atoms with Crippen molar-refractivity contribution in [3.05, 3.63) is 48.4 Å². The van der Waals surface area contributed by atoms with Crippen molar-refractivity contribution in [1.29, 1.82) is 0 Å². The zero-order chi connectivity index (χ0) is 13.2. The van der Waals surface area contributed by atoms with Crippen LogP contribution >= 0.6 is 0 Å². The van der Waals surface area contributed by atoms with Crippen molar-refractivity contribution in [1.82, 2.24) is 4.31 Å². The van der Waals surface area contributed by atoms with Crippen molar-refractivity contribution in [2.75, 3.05) is 12.8 Å². The second-order valence-corrected chi connectivity index (χ2v) is 5.96. The highest BCUT2D eigenvalue weighted by Gasteiger charge is 2.21. The quantitative estimate of drug-likeness (QED) is 0.854. The van der Waals surface area contributed by atoms with E-state index in [1.165, 1.54) is 29.7 Å². The summed E-state index contributed by atoms with van der Waals surface area (Å²) in [4.78, 5) is 0.177. The van der Waals surface area contributed by atoms with Crippen LogP contribution in [0.2, 0.25) is 0 Å². The minimum Gasteiger partial charge on any atom is -0.468 e. The van der Waals surface area contributed by atoms with Gasteiger partial charge >= 0.3 is 0 Å². The molecule has 2 rings (SSSR count). The lowest BCUT2D eigenvalue weighted by Crippen LogP contribution is -2.26. The first-order valence-electron chi connectivity index (χ1n) is 5.34. The molecule has 0 aliphatic carbocycles. The summed E-state index contributed by atoms with van der Waals surface area (Å²) in [5.74, 6) is 0.588. The van der Waals surface area contributed by atoms with Crippen molar-refractivity contribution in [2.24, 2.45) is 0 Å². The second-order valence-electron chi connectivity index (χ2n) is 3.91. The van der Waals surface area contributed by atoms with Crippen LogP contribution in [0.25, 0.3) is 0 Å². The highest BCUT2D eigenvalue weighted by Crippen LogP contribution is 2.18. The predicted molar refractivity (Wildman–Crippen MR) is 68.2 cm³/mol. The van der Waals surface area contributed by atoms with Crippen LogP contribution in [0.3, 0.4) is 0 Å². The van der Waals surface area contributed by atoms with E-state index in [0.717, 1.165) is 0 Å². The van der Waals surface area contributed by atoms with Gasteiger partial charge in [0.1, 0.15) is 5.76 Å². The third-order valence-corrected chi connectivity index (χ3v) is 4.32. The van der Waals surface area contributed by atoms with Gasteiger partial charge in [-0.05, 0) is 30.3 Å². The first kappa shape index (κ1) is 12.7. The van der Waals surface area contributed by atoms with Crippen LogP contribution in [-0.4, -0.2) is 19.8 Å². The summed E-state index contributed by atoms with van der Waals surface area (Å²) in [5.41, 5.74) is 6.01. The third kappa shape index (κ3) is 2.55. The maximum Gasteiger partial charge on any atom is 0.243 e. The lowest BCUT2D eigenvalue weighted by molar-refractivity contribution is 0.406. The van der Waals surface area contributed by atoms with Crippen molar-refractivity contribution >= 4 is 15.7 Å². The molecule has 0 saturated carbocycles. The maximum atomic E-state index is 12.2. The van der Waals surface area contributed by atoms with Crippen molar-refractivity contribution in [3.63, 3.8) is 0 Å². The lowest BCUT2D eigenvalue weighted by Gasteiger charge is -2.16. The monoisotopic (exact) mass is 266 g/mol. The Labute approximate surface area is 106 Å². The molecule has 5 nitrogen and oxygen atoms in total. The zero-order valence-corrected chi connectivity index (χ0v) is 10.7. The average Bonchev–Trinajstić information content (AvgIpc) is 2.81. The topological polar surface area (TPSA) is 76.5 Å². The molecule has 1 aromatic carbocycles. The van der Waals surface area contributed by atoms with Crippen molar-refractivity contribution in [3.8, 4) is 0 Å². The van der Waals surface area contributed by atoms with Crippen LogP contribution < -0.4 is 5.73 Å². The molecule has 2 N–H and O–H groups in total. The van der Waals surface area contributed by atoms with Crippen LogP contribution in [0.15, 0.2) is 52.0 Å². The summed E-state index contributed by atoms with van der Waals surface area (Å²) in [6, 6.07) is 9.66. The number of nitrogens with two attached hydrogens (primary N) is 1. The molecular formula is C12H14N2O3S. The molecular weight excluding hydrogens is 252 g/mol. The van der Waals surface area contributed by atoms with Gasteiger partial charge in [0.15, 0.2) is 0 Å². The zero-order valence-electron chi connectivity index (χ0n) is 9.91. The fraction of sp³-hybridized carbons (Fsp3) is 0.167. The molecule has 1 heterocycles. The summed E-state index contributed by atoms with van der Waals surface area (Å²) >= 11 is 0. The van der Waals surface area contributed by atoms with Crippen LogP contribution in [0.5, 0.6) is 0 Å². The number of nitrogen functional groups attached to an aromatic ring is 1. The molecule has 0 radical (unpaired) electrons. The normalized spacial score (nSPS) is 11.9. The Kier molecular flexibility index (Phi) is 3.40. The Bertz CT molecular complexity index is 621. The van der Waals surface area contributed by atoms with E-state index < -0.39 is 10.0 Å². The number of hydrogen-bond acceptors (Lipinski definition) is 4. The van der Waals surface area contributed by atoms with Crippen molar-refractivity contribution in [2.45, 2.75) is 11.4 Å². The van der Waals surface area contributed by atoms with Crippen molar-refractivity contribution < 1.29 is 12.8 Å². The average molecular weight is 266 g/mol. The summed E-state index contributed by atoms with van der Waals surface area (Å²) < 4.78 is 30.8. The largest absolute Gasteiger partial charge is 0.468 e. The molecule has 0 aliphatic rings. The Balaban J connectivity index is 2.25. The van der Waals surface area contributed by atoms with E-state index in [9.17, 15) is 8.42 Å². The van der Waals surface area contributed by atoms with Crippen LogP contribution in [0.1, 0.15) is 5.76 Å². The van der Waals surface area contributed by atoms with Gasteiger partial charge in [0.05, 0.1) is 17.7 Å². The number of sulfonamides is 1. The van der Waals surface area contributed by atoms with Gasteiger partial charge in [0.2, 0.25) is 10.0 Å². The Morgan fingerprint density at radius 3 is 2.67 bits per heavy atom. The predicted octanol–water partition coefficient (Wildman–Crippen LogP) is 1.68. The molecule has 0 aliphatic heterocycles. The molecule has 0 bridgehead atoms.